The smallest absolute Gasteiger partial charge is 0.355 e. The summed E-state index contributed by atoms with van der Waals surface area (Å²) >= 11 is 6.26. The highest BCUT2D eigenvalue weighted by Gasteiger charge is 2.29. The van der Waals surface area contributed by atoms with E-state index < -0.39 is 11.9 Å². The lowest BCUT2D eigenvalue weighted by Gasteiger charge is -2.20. The molecule has 0 amide bonds. The van der Waals surface area contributed by atoms with Gasteiger partial charge in [0, 0.05) is 24.2 Å². The van der Waals surface area contributed by atoms with E-state index in [1.165, 1.54) is 0 Å². The van der Waals surface area contributed by atoms with Crippen molar-refractivity contribution in [2.45, 2.75) is 33.7 Å². The number of halogens is 1. The number of esters is 2. The summed E-state index contributed by atoms with van der Waals surface area (Å²) in [5.74, 6) is -0.451. The van der Waals surface area contributed by atoms with Gasteiger partial charge in [0.1, 0.15) is 17.1 Å². The van der Waals surface area contributed by atoms with Crippen LogP contribution in [0.25, 0.3) is 0 Å². The number of ether oxygens (including phenoxy) is 2. The van der Waals surface area contributed by atoms with Crippen LogP contribution >= 0.6 is 11.6 Å². The highest BCUT2D eigenvalue weighted by Crippen LogP contribution is 2.30. The highest BCUT2D eigenvalue weighted by atomic mass is 35.5. The number of aromatic amines is 1. The Labute approximate surface area is 164 Å². The number of nitrogens with one attached hydrogen (secondary N) is 1. The number of hydrogen-bond acceptors (Lipinski definition) is 5. The van der Waals surface area contributed by atoms with Crippen LogP contribution in [0.3, 0.4) is 0 Å². The van der Waals surface area contributed by atoms with Gasteiger partial charge in [-0.05, 0) is 31.9 Å². The number of benzene rings is 1. The van der Waals surface area contributed by atoms with Gasteiger partial charge in [0.2, 0.25) is 0 Å². The molecule has 0 aliphatic heterocycles. The molecular weight excluding hydrogens is 368 g/mol. The van der Waals surface area contributed by atoms with E-state index in [-0.39, 0.29) is 18.9 Å². The first-order valence-electron chi connectivity index (χ1n) is 8.98. The maximum atomic E-state index is 12.6. The van der Waals surface area contributed by atoms with Crippen LogP contribution in [0.2, 0.25) is 5.02 Å². The zero-order valence-corrected chi connectivity index (χ0v) is 16.9. The standard InChI is InChI=1S/C20H25ClN2O4/c1-5-14-16(19(24)26-6-2)18(22-17(14)20(25)27-7-3)23(4)12-13-10-8-9-11-15(13)21/h8-11,22H,5-7,12H2,1-4H3. The number of carbonyl (C=O) groups is 2. The fraction of sp³-hybridized carbons (Fsp3) is 0.400. The van der Waals surface area contributed by atoms with Crippen LogP contribution in [0, 0.1) is 0 Å². The van der Waals surface area contributed by atoms with E-state index in [9.17, 15) is 9.59 Å². The van der Waals surface area contributed by atoms with Crippen LogP contribution in [0.4, 0.5) is 5.82 Å². The zero-order chi connectivity index (χ0) is 20.0. The van der Waals surface area contributed by atoms with Gasteiger partial charge < -0.3 is 19.4 Å². The molecule has 1 heterocycles. The van der Waals surface area contributed by atoms with E-state index in [4.69, 9.17) is 21.1 Å². The van der Waals surface area contributed by atoms with Crippen LogP contribution in [0.5, 0.6) is 0 Å². The van der Waals surface area contributed by atoms with Crippen LogP contribution in [-0.4, -0.2) is 37.2 Å². The van der Waals surface area contributed by atoms with Gasteiger partial charge >= 0.3 is 11.9 Å². The average molecular weight is 393 g/mol. The third-order valence-corrected chi connectivity index (χ3v) is 4.51. The molecular formula is C20H25ClN2O4. The molecule has 0 saturated carbocycles. The molecule has 146 valence electrons. The van der Waals surface area contributed by atoms with E-state index in [0.717, 1.165) is 5.56 Å². The molecule has 0 radical (unpaired) electrons. The Balaban J connectivity index is 2.50. The third-order valence-electron chi connectivity index (χ3n) is 4.14. The highest BCUT2D eigenvalue weighted by molar-refractivity contribution is 6.31. The maximum Gasteiger partial charge on any atom is 0.355 e. The summed E-state index contributed by atoms with van der Waals surface area (Å²) in [4.78, 5) is 29.9. The number of H-pyrrole nitrogens is 1. The normalized spacial score (nSPS) is 10.6. The van der Waals surface area contributed by atoms with Crippen molar-refractivity contribution >= 4 is 29.4 Å². The maximum absolute atomic E-state index is 12.6. The summed E-state index contributed by atoms with van der Waals surface area (Å²) in [6, 6.07) is 7.49. The quantitative estimate of drug-likeness (QED) is 0.681. The largest absolute Gasteiger partial charge is 0.462 e. The van der Waals surface area contributed by atoms with Crippen molar-refractivity contribution in [1.82, 2.24) is 4.98 Å². The lowest BCUT2D eigenvalue weighted by molar-refractivity contribution is 0.0518. The molecule has 27 heavy (non-hydrogen) atoms. The van der Waals surface area contributed by atoms with Crippen molar-refractivity contribution in [1.29, 1.82) is 0 Å². The summed E-state index contributed by atoms with van der Waals surface area (Å²) in [5, 5.41) is 0.634. The van der Waals surface area contributed by atoms with Crippen LogP contribution in [0.1, 0.15) is 52.7 Å². The fourth-order valence-electron chi connectivity index (χ4n) is 2.93. The number of carbonyl (C=O) groups excluding carboxylic acids is 2. The van der Waals surface area contributed by atoms with Gasteiger partial charge in [-0.1, -0.05) is 36.7 Å². The van der Waals surface area contributed by atoms with Crippen molar-refractivity contribution in [2.24, 2.45) is 0 Å². The van der Waals surface area contributed by atoms with Gasteiger partial charge in [0.25, 0.3) is 0 Å². The Kier molecular flexibility index (Phi) is 7.30. The van der Waals surface area contributed by atoms with Crippen molar-refractivity contribution < 1.29 is 19.1 Å². The van der Waals surface area contributed by atoms with Gasteiger partial charge in [0.15, 0.2) is 0 Å². The molecule has 0 bridgehead atoms. The minimum Gasteiger partial charge on any atom is -0.462 e. The summed E-state index contributed by atoms with van der Waals surface area (Å²) in [6.07, 6.45) is 0.485. The van der Waals surface area contributed by atoms with Crippen molar-refractivity contribution in [2.75, 3.05) is 25.2 Å². The van der Waals surface area contributed by atoms with Gasteiger partial charge in [-0.15, -0.1) is 0 Å². The molecule has 1 N–H and O–H groups in total. The first-order chi connectivity index (χ1) is 12.9. The second kappa shape index (κ2) is 9.46. The molecule has 0 fully saturated rings. The first-order valence-corrected chi connectivity index (χ1v) is 9.35. The first kappa shape index (κ1) is 20.8. The predicted molar refractivity (Wildman–Crippen MR) is 106 cm³/mol. The van der Waals surface area contributed by atoms with Crippen molar-refractivity contribution in [3.63, 3.8) is 0 Å². The average Bonchev–Trinajstić information content (AvgIpc) is 3.04. The van der Waals surface area contributed by atoms with E-state index in [1.54, 1.807) is 13.8 Å². The Hall–Kier alpha value is -2.47. The molecule has 0 unspecified atom stereocenters. The number of nitrogens with zero attached hydrogens (tertiary/aromatic N) is 1. The fourth-order valence-corrected chi connectivity index (χ4v) is 3.12. The van der Waals surface area contributed by atoms with Gasteiger partial charge in [0.05, 0.1) is 13.2 Å². The minimum absolute atomic E-state index is 0.246. The van der Waals surface area contributed by atoms with Crippen molar-refractivity contribution in [3.8, 4) is 0 Å². The molecule has 0 spiro atoms. The second-order valence-corrected chi connectivity index (χ2v) is 6.35. The number of rotatable bonds is 8. The lowest BCUT2D eigenvalue weighted by atomic mass is 10.1. The van der Waals surface area contributed by atoms with E-state index in [0.29, 0.717) is 34.9 Å². The monoisotopic (exact) mass is 392 g/mol. The van der Waals surface area contributed by atoms with Crippen LogP contribution in [-0.2, 0) is 22.4 Å². The Bertz CT molecular complexity index is 816. The third kappa shape index (κ3) is 4.63. The van der Waals surface area contributed by atoms with Crippen molar-refractivity contribution in [3.05, 3.63) is 51.7 Å². The van der Waals surface area contributed by atoms with E-state index in [2.05, 4.69) is 4.98 Å². The SMILES string of the molecule is CCOC(=O)c1[nH]c(N(C)Cc2ccccc2Cl)c(C(=O)OCC)c1CC. The number of hydrogen-bond donors (Lipinski definition) is 1. The molecule has 0 aliphatic rings. The number of anilines is 1. The van der Waals surface area contributed by atoms with Crippen LogP contribution in [0.15, 0.2) is 24.3 Å². The predicted octanol–water partition coefficient (Wildman–Crippen LogP) is 4.22. The molecule has 2 aromatic rings. The van der Waals surface area contributed by atoms with E-state index >= 15 is 0 Å². The summed E-state index contributed by atoms with van der Waals surface area (Å²) in [5.41, 5.74) is 2.13. The summed E-state index contributed by atoms with van der Waals surface area (Å²) < 4.78 is 10.4. The Morgan fingerprint density at radius 2 is 1.70 bits per heavy atom. The summed E-state index contributed by atoms with van der Waals surface area (Å²) in [7, 11) is 1.83. The second-order valence-electron chi connectivity index (χ2n) is 5.94. The Morgan fingerprint density at radius 3 is 2.30 bits per heavy atom. The number of aromatic nitrogens is 1. The van der Waals surface area contributed by atoms with Crippen LogP contribution < -0.4 is 4.90 Å². The van der Waals surface area contributed by atoms with Gasteiger partial charge in [-0.2, -0.15) is 0 Å². The van der Waals surface area contributed by atoms with E-state index in [1.807, 2.05) is 43.1 Å². The Morgan fingerprint density at radius 1 is 1.07 bits per heavy atom. The molecule has 0 aliphatic carbocycles. The molecule has 2 rings (SSSR count). The molecule has 1 aromatic carbocycles. The minimum atomic E-state index is -0.489. The molecule has 0 atom stereocenters. The zero-order valence-electron chi connectivity index (χ0n) is 16.1. The summed E-state index contributed by atoms with van der Waals surface area (Å²) in [6.45, 7) is 6.32. The molecule has 6 nitrogen and oxygen atoms in total. The molecule has 0 saturated heterocycles. The molecule has 1 aromatic heterocycles. The lowest BCUT2D eigenvalue weighted by Crippen LogP contribution is -2.20. The topological polar surface area (TPSA) is 71.6 Å². The van der Waals surface area contributed by atoms with Gasteiger partial charge in [-0.25, -0.2) is 9.59 Å². The van der Waals surface area contributed by atoms with Gasteiger partial charge in [-0.3, -0.25) is 0 Å². The molecule has 7 heteroatoms.